The molecule has 0 amide bonds. The monoisotopic (exact) mass is 223 g/mol. The maximum absolute atomic E-state index is 10.7. The molecule has 2 fully saturated rings. The maximum atomic E-state index is 10.7. The van der Waals surface area contributed by atoms with Crippen molar-refractivity contribution >= 4 is 12.0 Å². The van der Waals surface area contributed by atoms with Crippen molar-refractivity contribution in [3.63, 3.8) is 0 Å². The van der Waals surface area contributed by atoms with Crippen LogP contribution in [0.25, 0.3) is 0 Å². The van der Waals surface area contributed by atoms with E-state index in [2.05, 4.69) is 10.1 Å². The Balaban J connectivity index is 1.77. The van der Waals surface area contributed by atoms with E-state index < -0.39 is 5.97 Å². The zero-order valence-electron chi connectivity index (χ0n) is 8.80. The summed E-state index contributed by atoms with van der Waals surface area (Å²) in [4.78, 5) is 16.7. The molecule has 6 nitrogen and oxygen atoms in total. The van der Waals surface area contributed by atoms with Crippen LogP contribution in [0.15, 0.2) is 4.52 Å². The SMILES string of the molecule is O=C(O)CN(c1nc(C2CC2)no1)C1CC1. The molecule has 3 rings (SSSR count). The zero-order valence-corrected chi connectivity index (χ0v) is 8.80. The second kappa shape index (κ2) is 3.47. The predicted octanol–water partition coefficient (Wildman–Crippen LogP) is 1.00. The van der Waals surface area contributed by atoms with Crippen LogP contribution in [0.3, 0.4) is 0 Å². The van der Waals surface area contributed by atoms with Crippen LogP contribution in [-0.2, 0) is 4.79 Å². The van der Waals surface area contributed by atoms with Gasteiger partial charge in [-0.15, -0.1) is 0 Å². The molecule has 1 heterocycles. The topological polar surface area (TPSA) is 79.5 Å². The molecule has 0 spiro atoms. The Labute approximate surface area is 92.2 Å². The van der Waals surface area contributed by atoms with Gasteiger partial charge in [-0.25, -0.2) is 0 Å². The van der Waals surface area contributed by atoms with Crippen LogP contribution in [0, 0.1) is 0 Å². The van der Waals surface area contributed by atoms with Crippen LogP contribution in [0.2, 0.25) is 0 Å². The fourth-order valence-electron chi connectivity index (χ4n) is 1.74. The fraction of sp³-hybridized carbons (Fsp3) is 0.700. The smallest absolute Gasteiger partial charge is 0.324 e. The predicted molar refractivity (Wildman–Crippen MR) is 54.3 cm³/mol. The number of aromatic nitrogens is 2. The fourth-order valence-corrected chi connectivity index (χ4v) is 1.74. The molecule has 0 bridgehead atoms. The van der Waals surface area contributed by atoms with E-state index in [1.54, 1.807) is 4.90 Å². The van der Waals surface area contributed by atoms with E-state index in [4.69, 9.17) is 9.63 Å². The summed E-state index contributed by atoms with van der Waals surface area (Å²) in [5, 5.41) is 12.7. The normalized spacial score (nSPS) is 19.8. The summed E-state index contributed by atoms with van der Waals surface area (Å²) in [7, 11) is 0. The van der Waals surface area contributed by atoms with Gasteiger partial charge in [0, 0.05) is 12.0 Å². The summed E-state index contributed by atoms with van der Waals surface area (Å²) in [5.74, 6) is 0.299. The van der Waals surface area contributed by atoms with Gasteiger partial charge in [0.15, 0.2) is 5.82 Å². The zero-order chi connectivity index (χ0) is 11.1. The van der Waals surface area contributed by atoms with Crippen LogP contribution in [0.4, 0.5) is 6.01 Å². The molecule has 1 aromatic heterocycles. The maximum Gasteiger partial charge on any atom is 0.324 e. The lowest BCUT2D eigenvalue weighted by Crippen LogP contribution is -2.31. The molecule has 0 atom stereocenters. The molecule has 6 heteroatoms. The number of nitrogens with zero attached hydrogens (tertiary/aromatic N) is 3. The summed E-state index contributed by atoms with van der Waals surface area (Å²) < 4.78 is 5.13. The standard InChI is InChI=1S/C10H13N3O3/c14-8(15)5-13(7-3-4-7)10-11-9(12-16-10)6-1-2-6/h6-7H,1-5H2,(H,14,15). The van der Waals surface area contributed by atoms with E-state index in [0.717, 1.165) is 31.5 Å². The highest BCUT2D eigenvalue weighted by atomic mass is 16.5. The van der Waals surface area contributed by atoms with Gasteiger partial charge < -0.3 is 14.5 Å². The van der Waals surface area contributed by atoms with Gasteiger partial charge in [0.2, 0.25) is 0 Å². The second-order valence-electron chi connectivity index (χ2n) is 4.46. The summed E-state index contributed by atoms with van der Waals surface area (Å²) in [6.07, 6.45) is 4.24. The molecular formula is C10H13N3O3. The summed E-state index contributed by atoms with van der Waals surface area (Å²) in [5.41, 5.74) is 0. The first kappa shape index (κ1) is 9.62. The highest BCUT2D eigenvalue weighted by Crippen LogP contribution is 2.39. The molecule has 0 radical (unpaired) electrons. The van der Waals surface area contributed by atoms with Crippen LogP contribution in [0.1, 0.15) is 37.4 Å². The van der Waals surface area contributed by atoms with E-state index in [1.807, 2.05) is 0 Å². The number of rotatable bonds is 5. The molecule has 1 N–H and O–H groups in total. The third-order valence-electron chi connectivity index (χ3n) is 2.91. The lowest BCUT2D eigenvalue weighted by atomic mass is 10.4. The Kier molecular flexibility index (Phi) is 2.08. The van der Waals surface area contributed by atoms with E-state index in [0.29, 0.717) is 11.9 Å². The Morgan fingerprint density at radius 1 is 1.44 bits per heavy atom. The Hall–Kier alpha value is -1.59. The highest BCUT2D eigenvalue weighted by Gasteiger charge is 2.35. The molecule has 2 aliphatic carbocycles. The number of anilines is 1. The molecule has 0 unspecified atom stereocenters. The Morgan fingerprint density at radius 3 is 2.75 bits per heavy atom. The van der Waals surface area contributed by atoms with Gasteiger partial charge in [-0.1, -0.05) is 5.16 Å². The van der Waals surface area contributed by atoms with E-state index in [-0.39, 0.29) is 12.6 Å². The van der Waals surface area contributed by atoms with Crippen LogP contribution < -0.4 is 4.90 Å². The molecule has 2 aliphatic rings. The molecule has 0 saturated heterocycles. The third kappa shape index (κ3) is 1.87. The van der Waals surface area contributed by atoms with Crippen molar-refractivity contribution < 1.29 is 14.4 Å². The van der Waals surface area contributed by atoms with Gasteiger partial charge in [0.25, 0.3) is 0 Å². The van der Waals surface area contributed by atoms with E-state index in [1.165, 1.54) is 0 Å². The van der Waals surface area contributed by atoms with Gasteiger partial charge in [0.1, 0.15) is 6.54 Å². The van der Waals surface area contributed by atoms with Gasteiger partial charge >= 0.3 is 12.0 Å². The number of aliphatic carboxylic acids is 1. The minimum atomic E-state index is -0.863. The first-order chi connectivity index (χ1) is 7.74. The lowest BCUT2D eigenvalue weighted by Gasteiger charge is -2.15. The van der Waals surface area contributed by atoms with Crippen molar-refractivity contribution in [3.8, 4) is 0 Å². The molecular weight excluding hydrogens is 210 g/mol. The van der Waals surface area contributed by atoms with Gasteiger partial charge in [-0.2, -0.15) is 4.98 Å². The van der Waals surface area contributed by atoms with Gasteiger partial charge in [-0.05, 0) is 25.7 Å². The van der Waals surface area contributed by atoms with Gasteiger partial charge in [0.05, 0.1) is 0 Å². The molecule has 0 aliphatic heterocycles. The van der Waals surface area contributed by atoms with Crippen molar-refractivity contribution in [1.29, 1.82) is 0 Å². The second-order valence-corrected chi connectivity index (χ2v) is 4.46. The van der Waals surface area contributed by atoms with Crippen LogP contribution in [0.5, 0.6) is 0 Å². The van der Waals surface area contributed by atoms with Crippen molar-refractivity contribution in [2.45, 2.75) is 37.6 Å². The third-order valence-corrected chi connectivity index (χ3v) is 2.91. The highest BCUT2D eigenvalue weighted by molar-refractivity contribution is 5.72. The number of carbonyl (C=O) groups is 1. The minimum absolute atomic E-state index is 0.0586. The summed E-state index contributed by atoms with van der Waals surface area (Å²) in [6.45, 7) is -0.0586. The summed E-state index contributed by atoms with van der Waals surface area (Å²) >= 11 is 0. The molecule has 0 aromatic carbocycles. The first-order valence-corrected chi connectivity index (χ1v) is 5.56. The number of hydrogen-bond acceptors (Lipinski definition) is 5. The molecule has 2 saturated carbocycles. The summed E-state index contributed by atoms with van der Waals surface area (Å²) in [6, 6.07) is 0.635. The lowest BCUT2D eigenvalue weighted by molar-refractivity contribution is -0.135. The number of carboxylic acids is 1. The molecule has 86 valence electrons. The first-order valence-electron chi connectivity index (χ1n) is 5.56. The van der Waals surface area contributed by atoms with Crippen molar-refractivity contribution in [2.75, 3.05) is 11.4 Å². The molecule has 1 aromatic rings. The Morgan fingerprint density at radius 2 is 2.19 bits per heavy atom. The van der Waals surface area contributed by atoms with Crippen molar-refractivity contribution in [3.05, 3.63) is 5.82 Å². The average molecular weight is 223 g/mol. The van der Waals surface area contributed by atoms with Crippen LogP contribution in [-0.4, -0.2) is 33.8 Å². The van der Waals surface area contributed by atoms with Crippen molar-refractivity contribution in [2.24, 2.45) is 0 Å². The van der Waals surface area contributed by atoms with Crippen molar-refractivity contribution in [1.82, 2.24) is 10.1 Å². The van der Waals surface area contributed by atoms with E-state index in [9.17, 15) is 4.79 Å². The number of carboxylic acid groups (broad SMARTS) is 1. The van der Waals surface area contributed by atoms with Crippen LogP contribution >= 0.6 is 0 Å². The minimum Gasteiger partial charge on any atom is -0.480 e. The van der Waals surface area contributed by atoms with E-state index >= 15 is 0 Å². The number of hydrogen-bond donors (Lipinski definition) is 1. The quantitative estimate of drug-likeness (QED) is 0.802. The van der Waals surface area contributed by atoms with Gasteiger partial charge in [-0.3, -0.25) is 4.79 Å². The Bertz CT molecular complexity index is 409. The average Bonchev–Trinajstić information content (AvgIpc) is 3.13. The molecule has 16 heavy (non-hydrogen) atoms. The largest absolute Gasteiger partial charge is 0.480 e.